The van der Waals surface area contributed by atoms with Crippen molar-refractivity contribution in [2.75, 3.05) is 12.4 Å². The average molecular weight is 252 g/mol. The predicted molar refractivity (Wildman–Crippen MR) is 63.7 cm³/mol. The van der Waals surface area contributed by atoms with Crippen LogP contribution in [0.5, 0.6) is 0 Å². The van der Waals surface area contributed by atoms with Crippen LogP contribution in [0.3, 0.4) is 0 Å². The van der Waals surface area contributed by atoms with Crippen LogP contribution in [0.4, 0.5) is 11.0 Å². The maximum Gasteiger partial charge on any atom is 0.433 e. The third-order valence-electron chi connectivity index (χ3n) is 1.84. The van der Waals surface area contributed by atoms with Gasteiger partial charge in [0.1, 0.15) is 15.7 Å². The Kier molecular flexibility index (Phi) is 3.15. The van der Waals surface area contributed by atoms with E-state index >= 15 is 0 Å². The minimum absolute atomic E-state index is 0.280. The van der Waals surface area contributed by atoms with E-state index in [4.69, 9.17) is 4.42 Å². The van der Waals surface area contributed by atoms with Gasteiger partial charge in [0, 0.05) is 7.05 Å². The molecule has 7 nitrogen and oxygen atoms in total. The molecule has 8 heteroatoms. The number of furan rings is 1. The highest BCUT2D eigenvalue weighted by Gasteiger charge is 2.09. The summed E-state index contributed by atoms with van der Waals surface area (Å²) in [5.41, 5.74) is 0. The fraction of sp³-hybridized carbons (Fsp3) is 0.111. The molecule has 17 heavy (non-hydrogen) atoms. The van der Waals surface area contributed by atoms with Crippen molar-refractivity contribution in [3.8, 4) is 0 Å². The SMILES string of the molecule is CNc1nnc(C=Cc2ccc([N+](=O)[O-])o2)s1. The lowest BCUT2D eigenvalue weighted by molar-refractivity contribution is -0.402. The first-order valence-corrected chi connectivity index (χ1v) is 5.44. The van der Waals surface area contributed by atoms with Gasteiger partial charge < -0.3 is 9.73 Å². The Bertz CT molecular complexity index is 560. The zero-order valence-electron chi connectivity index (χ0n) is 8.78. The molecule has 2 rings (SSSR count). The molecular weight excluding hydrogens is 244 g/mol. The maximum atomic E-state index is 10.4. The summed E-state index contributed by atoms with van der Waals surface area (Å²) in [5.74, 6) is 0.121. The molecule has 88 valence electrons. The number of rotatable bonds is 4. The van der Waals surface area contributed by atoms with Crippen molar-refractivity contribution >= 4 is 34.5 Å². The van der Waals surface area contributed by atoms with Crippen molar-refractivity contribution in [3.63, 3.8) is 0 Å². The average Bonchev–Trinajstić information content (AvgIpc) is 2.95. The van der Waals surface area contributed by atoms with Gasteiger partial charge in [-0.15, -0.1) is 10.2 Å². The van der Waals surface area contributed by atoms with E-state index in [0.29, 0.717) is 15.9 Å². The molecule has 1 N–H and O–H groups in total. The largest absolute Gasteiger partial charge is 0.433 e. The molecule has 0 atom stereocenters. The van der Waals surface area contributed by atoms with Crippen LogP contribution >= 0.6 is 11.3 Å². The van der Waals surface area contributed by atoms with Crippen LogP contribution in [-0.2, 0) is 0 Å². The fourth-order valence-corrected chi connectivity index (χ4v) is 1.69. The molecule has 0 radical (unpaired) electrons. The van der Waals surface area contributed by atoms with Gasteiger partial charge in [-0.05, 0) is 18.2 Å². The second-order valence-corrected chi connectivity index (χ2v) is 3.97. The molecule has 2 heterocycles. The molecule has 0 saturated heterocycles. The van der Waals surface area contributed by atoms with Crippen LogP contribution < -0.4 is 5.32 Å². The van der Waals surface area contributed by atoms with E-state index in [1.54, 1.807) is 19.2 Å². The number of hydrogen-bond acceptors (Lipinski definition) is 7. The van der Waals surface area contributed by atoms with Crippen molar-refractivity contribution in [1.82, 2.24) is 10.2 Å². The first-order chi connectivity index (χ1) is 8.19. The van der Waals surface area contributed by atoms with E-state index in [-0.39, 0.29) is 5.88 Å². The minimum Gasteiger partial charge on any atom is -0.401 e. The summed E-state index contributed by atoms with van der Waals surface area (Å²) in [6.07, 6.45) is 3.29. The topological polar surface area (TPSA) is 94.1 Å². The standard InChI is InChI=1S/C9H8N4O3S/c1-10-9-12-11-7(17-9)4-2-6-3-5-8(16-6)13(14)15/h2-5H,1H3,(H,10,12). The van der Waals surface area contributed by atoms with Crippen LogP contribution in [0.1, 0.15) is 10.8 Å². The van der Waals surface area contributed by atoms with E-state index in [1.165, 1.54) is 23.5 Å². The predicted octanol–water partition coefficient (Wildman–Crippen LogP) is 2.25. The molecule has 2 aromatic rings. The maximum absolute atomic E-state index is 10.4. The van der Waals surface area contributed by atoms with Gasteiger partial charge in [-0.1, -0.05) is 11.3 Å². The normalized spacial score (nSPS) is 10.9. The zero-order valence-corrected chi connectivity index (χ0v) is 9.60. The summed E-state index contributed by atoms with van der Waals surface area (Å²) in [4.78, 5) is 9.81. The first-order valence-electron chi connectivity index (χ1n) is 4.62. The van der Waals surface area contributed by atoms with E-state index in [2.05, 4.69) is 15.5 Å². The molecule has 0 spiro atoms. The van der Waals surface area contributed by atoms with Crippen LogP contribution in [0, 0.1) is 10.1 Å². The van der Waals surface area contributed by atoms with E-state index < -0.39 is 4.92 Å². The lowest BCUT2D eigenvalue weighted by atomic mass is 10.4. The van der Waals surface area contributed by atoms with Gasteiger partial charge in [0.05, 0.1) is 6.07 Å². The lowest BCUT2D eigenvalue weighted by Crippen LogP contribution is -1.84. The van der Waals surface area contributed by atoms with Crippen molar-refractivity contribution in [3.05, 3.63) is 33.0 Å². The summed E-state index contributed by atoms with van der Waals surface area (Å²) in [6, 6.07) is 2.83. The van der Waals surface area contributed by atoms with Gasteiger partial charge in [-0.2, -0.15) is 0 Å². The van der Waals surface area contributed by atoms with Gasteiger partial charge in [0.15, 0.2) is 0 Å². The molecule has 0 amide bonds. The Balaban J connectivity index is 2.11. The van der Waals surface area contributed by atoms with Crippen LogP contribution in [-0.4, -0.2) is 22.2 Å². The van der Waals surface area contributed by atoms with Crippen LogP contribution in [0.2, 0.25) is 0 Å². The van der Waals surface area contributed by atoms with Crippen molar-refractivity contribution in [1.29, 1.82) is 0 Å². The second kappa shape index (κ2) is 4.74. The summed E-state index contributed by atoms with van der Waals surface area (Å²) in [7, 11) is 1.75. The van der Waals surface area contributed by atoms with Crippen molar-refractivity contribution < 1.29 is 9.34 Å². The van der Waals surface area contributed by atoms with Gasteiger partial charge in [-0.25, -0.2) is 0 Å². The summed E-state index contributed by atoms with van der Waals surface area (Å²) < 4.78 is 4.95. The number of anilines is 1. The molecule has 2 aromatic heterocycles. The van der Waals surface area contributed by atoms with E-state index in [0.717, 1.165) is 0 Å². The van der Waals surface area contributed by atoms with Crippen molar-refractivity contribution in [2.45, 2.75) is 0 Å². The van der Waals surface area contributed by atoms with Gasteiger partial charge >= 0.3 is 5.88 Å². The Morgan fingerprint density at radius 1 is 1.47 bits per heavy atom. The Labute approximate surface area is 99.9 Å². The van der Waals surface area contributed by atoms with E-state index in [9.17, 15) is 10.1 Å². The molecule has 0 aliphatic carbocycles. The Morgan fingerprint density at radius 3 is 2.88 bits per heavy atom. The number of hydrogen-bond donors (Lipinski definition) is 1. The zero-order chi connectivity index (χ0) is 12.3. The minimum atomic E-state index is -0.582. The van der Waals surface area contributed by atoms with Crippen LogP contribution in [0.25, 0.3) is 12.2 Å². The van der Waals surface area contributed by atoms with Gasteiger partial charge in [0.2, 0.25) is 5.13 Å². The number of aromatic nitrogens is 2. The molecule has 0 fully saturated rings. The highest BCUT2D eigenvalue weighted by molar-refractivity contribution is 7.16. The number of nitro groups is 1. The third kappa shape index (κ3) is 2.67. The van der Waals surface area contributed by atoms with Crippen LogP contribution in [0.15, 0.2) is 16.5 Å². The first kappa shape index (κ1) is 11.3. The van der Waals surface area contributed by atoms with Gasteiger partial charge in [0.25, 0.3) is 0 Å². The van der Waals surface area contributed by atoms with Gasteiger partial charge in [-0.3, -0.25) is 10.1 Å². The molecule has 0 unspecified atom stereocenters. The van der Waals surface area contributed by atoms with Crippen molar-refractivity contribution in [2.24, 2.45) is 0 Å². The lowest BCUT2D eigenvalue weighted by Gasteiger charge is -1.84. The third-order valence-corrected chi connectivity index (χ3v) is 2.74. The molecule has 0 aliphatic heterocycles. The highest BCUT2D eigenvalue weighted by atomic mass is 32.1. The quantitative estimate of drug-likeness (QED) is 0.662. The number of nitrogens with one attached hydrogen (secondary N) is 1. The smallest absolute Gasteiger partial charge is 0.401 e. The molecule has 0 aromatic carbocycles. The Hall–Kier alpha value is -2.22. The number of nitrogens with zero attached hydrogens (tertiary/aromatic N) is 3. The van der Waals surface area contributed by atoms with E-state index in [1.807, 2.05) is 0 Å². The summed E-state index contributed by atoms with van der Waals surface area (Å²) >= 11 is 1.37. The molecule has 0 bridgehead atoms. The summed E-state index contributed by atoms with van der Waals surface area (Å²) in [6.45, 7) is 0. The fourth-order valence-electron chi connectivity index (χ4n) is 1.09. The Morgan fingerprint density at radius 2 is 2.29 bits per heavy atom. The molecule has 0 saturated carbocycles. The summed E-state index contributed by atoms with van der Waals surface area (Å²) in [5, 5.41) is 22.4. The molecular formula is C9H8N4O3S. The molecule has 0 aliphatic rings. The monoisotopic (exact) mass is 252 g/mol. The second-order valence-electron chi connectivity index (χ2n) is 2.96. The highest BCUT2D eigenvalue weighted by Crippen LogP contribution is 2.20.